The Morgan fingerprint density at radius 3 is 2.22 bits per heavy atom. The Labute approximate surface area is 184 Å². The quantitative estimate of drug-likeness (QED) is 0.447. The zero-order valence-corrected chi connectivity index (χ0v) is 17.6. The number of benzene rings is 2. The third-order valence-corrected chi connectivity index (χ3v) is 5.83. The number of rotatable bonds is 10. The van der Waals surface area contributed by atoms with E-state index in [9.17, 15) is 4.79 Å². The lowest BCUT2D eigenvalue weighted by Gasteiger charge is -2.12. The van der Waals surface area contributed by atoms with Crippen molar-refractivity contribution in [3.05, 3.63) is 52.9 Å². The van der Waals surface area contributed by atoms with Crippen molar-refractivity contribution in [2.24, 2.45) is 5.92 Å². The molecule has 3 aromatic rings. The minimum absolute atomic E-state index is 0.0629. The highest BCUT2D eigenvalue weighted by Crippen LogP contribution is 2.33. The molecule has 1 saturated carbocycles. The Morgan fingerprint density at radius 2 is 1.53 bits per heavy atom. The van der Waals surface area contributed by atoms with Crippen molar-refractivity contribution in [2.75, 3.05) is 33.0 Å². The summed E-state index contributed by atoms with van der Waals surface area (Å²) in [7, 11) is 0. The molecule has 3 aliphatic rings. The Morgan fingerprint density at radius 1 is 0.844 bits per heavy atom. The van der Waals surface area contributed by atoms with Gasteiger partial charge in [-0.3, -0.25) is 4.79 Å². The summed E-state index contributed by atoms with van der Waals surface area (Å²) in [4.78, 5) is 13.4. The smallest absolute Gasteiger partial charge is 0.204 e. The van der Waals surface area contributed by atoms with E-state index >= 15 is 0 Å². The number of fused-ring (bicyclic) bond motifs is 1. The van der Waals surface area contributed by atoms with E-state index in [-0.39, 0.29) is 17.6 Å². The lowest BCUT2D eigenvalue weighted by Crippen LogP contribution is -2.11. The SMILES string of the molecule is O=c1c(-c2ccc(OCC3CC3)cc2)coc2cc(OCC3CO3)cc(OCC3CO3)c12. The molecular weight excluding hydrogens is 412 g/mol. The topological polar surface area (TPSA) is 83.0 Å². The van der Waals surface area contributed by atoms with Crippen LogP contribution in [0.3, 0.4) is 0 Å². The second-order valence-electron chi connectivity index (χ2n) is 8.58. The fourth-order valence-electron chi connectivity index (χ4n) is 3.52. The third-order valence-electron chi connectivity index (χ3n) is 5.83. The first-order valence-electron chi connectivity index (χ1n) is 11.0. The molecule has 0 N–H and O–H groups in total. The van der Waals surface area contributed by atoms with E-state index in [1.807, 2.05) is 24.3 Å². The molecule has 3 fully saturated rings. The van der Waals surface area contributed by atoms with E-state index in [0.29, 0.717) is 60.4 Å². The fourth-order valence-corrected chi connectivity index (χ4v) is 3.52. The van der Waals surface area contributed by atoms with E-state index in [1.165, 1.54) is 19.1 Å². The Balaban J connectivity index is 1.31. The highest BCUT2D eigenvalue weighted by Gasteiger charge is 2.26. The van der Waals surface area contributed by atoms with E-state index in [0.717, 1.165) is 17.9 Å². The van der Waals surface area contributed by atoms with Gasteiger partial charge < -0.3 is 28.1 Å². The van der Waals surface area contributed by atoms with E-state index in [1.54, 1.807) is 12.1 Å². The molecular formula is C25H24O7. The molecule has 3 heterocycles. The zero-order valence-electron chi connectivity index (χ0n) is 17.6. The standard InChI is InChI=1S/C25H24O7/c26-25-21(16-3-5-17(6-4-16)27-9-15-1-2-15)14-32-23-8-18(28-10-19-11-29-19)7-22(24(23)25)31-13-20-12-30-20/h3-8,14-15,19-20H,1-2,9-13H2. The molecule has 0 bridgehead atoms. The molecule has 0 spiro atoms. The minimum atomic E-state index is -0.151. The van der Waals surface area contributed by atoms with Gasteiger partial charge in [0.15, 0.2) is 0 Å². The summed E-state index contributed by atoms with van der Waals surface area (Å²) in [5.41, 5.74) is 1.51. The Kier molecular flexibility index (Phi) is 5.00. The molecule has 2 aromatic carbocycles. The maximum Gasteiger partial charge on any atom is 0.204 e. The first kappa shape index (κ1) is 19.6. The van der Waals surface area contributed by atoms with Crippen molar-refractivity contribution >= 4 is 11.0 Å². The van der Waals surface area contributed by atoms with E-state index < -0.39 is 0 Å². The second-order valence-corrected chi connectivity index (χ2v) is 8.58. The highest BCUT2D eigenvalue weighted by molar-refractivity contribution is 5.88. The summed E-state index contributed by atoms with van der Waals surface area (Å²) in [6.45, 7) is 2.95. The highest BCUT2D eigenvalue weighted by atomic mass is 16.6. The zero-order chi connectivity index (χ0) is 21.5. The predicted octanol–water partition coefficient (Wildman–Crippen LogP) is 3.80. The van der Waals surface area contributed by atoms with Crippen molar-refractivity contribution in [1.82, 2.24) is 0 Å². The summed E-state index contributed by atoms with van der Waals surface area (Å²) in [6, 6.07) is 11.0. The number of epoxide rings is 2. The van der Waals surface area contributed by atoms with E-state index in [4.69, 9.17) is 28.1 Å². The van der Waals surface area contributed by atoms with E-state index in [2.05, 4.69) is 0 Å². The molecule has 2 atom stereocenters. The number of hydrogen-bond acceptors (Lipinski definition) is 7. The summed E-state index contributed by atoms with van der Waals surface area (Å²) in [5, 5.41) is 0.396. The second kappa shape index (κ2) is 8.15. The van der Waals surface area contributed by atoms with Crippen LogP contribution in [0.5, 0.6) is 17.2 Å². The van der Waals surface area contributed by atoms with Gasteiger partial charge >= 0.3 is 0 Å². The Hall–Kier alpha value is -3.03. The van der Waals surface area contributed by atoms with Gasteiger partial charge in [-0.05, 0) is 36.5 Å². The monoisotopic (exact) mass is 436 g/mol. The van der Waals surface area contributed by atoms with Crippen molar-refractivity contribution in [1.29, 1.82) is 0 Å². The van der Waals surface area contributed by atoms with Crippen LogP contribution in [0.1, 0.15) is 12.8 Å². The molecule has 7 nitrogen and oxygen atoms in total. The van der Waals surface area contributed by atoms with Gasteiger partial charge in [0.1, 0.15) is 59.9 Å². The average molecular weight is 436 g/mol. The molecule has 6 rings (SSSR count). The summed E-state index contributed by atoms with van der Waals surface area (Å²) < 4.78 is 33.9. The molecule has 1 aromatic heterocycles. The van der Waals surface area contributed by atoms with Gasteiger partial charge in [-0.1, -0.05) is 12.1 Å². The first-order valence-corrected chi connectivity index (χ1v) is 11.0. The molecule has 0 amide bonds. The molecule has 2 saturated heterocycles. The van der Waals surface area contributed by atoms with Crippen molar-refractivity contribution in [3.8, 4) is 28.4 Å². The maximum absolute atomic E-state index is 13.4. The molecule has 32 heavy (non-hydrogen) atoms. The number of hydrogen-bond donors (Lipinski definition) is 0. The van der Waals surface area contributed by atoms with Crippen molar-refractivity contribution in [3.63, 3.8) is 0 Å². The fraction of sp³-hybridized carbons (Fsp3) is 0.400. The lowest BCUT2D eigenvalue weighted by molar-refractivity contribution is 0.253. The molecule has 2 aliphatic heterocycles. The van der Waals surface area contributed by atoms with Crippen LogP contribution >= 0.6 is 0 Å². The third kappa shape index (κ3) is 4.45. The van der Waals surface area contributed by atoms with Crippen LogP contribution in [-0.4, -0.2) is 45.2 Å². The molecule has 2 unspecified atom stereocenters. The summed E-state index contributed by atoms with van der Waals surface area (Å²) in [5.74, 6) is 2.51. The molecule has 7 heteroatoms. The molecule has 166 valence electrons. The van der Waals surface area contributed by atoms with Gasteiger partial charge in [0.25, 0.3) is 0 Å². The number of ether oxygens (including phenoxy) is 5. The van der Waals surface area contributed by atoms with Crippen molar-refractivity contribution < 1.29 is 28.1 Å². The van der Waals surface area contributed by atoms with Crippen LogP contribution in [-0.2, 0) is 9.47 Å². The van der Waals surface area contributed by atoms with Gasteiger partial charge in [-0.25, -0.2) is 0 Å². The first-order chi connectivity index (χ1) is 15.7. The lowest BCUT2D eigenvalue weighted by atomic mass is 10.0. The summed E-state index contributed by atoms with van der Waals surface area (Å²) >= 11 is 0. The normalized spacial score (nSPS) is 21.4. The predicted molar refractivity (Wildman–Crippen MR) is 117 cm³/mol. The van der Waals surface area contributed by atoms with Gasteiger partial charge in [-0.2, -0.15) is 0 Å². The van der Waals surface area contributed by atoms with Crippen LogP contribution in [0, 0.1) is 5.92 Å². The van der Waals surface area contributed by atoms with Crippen molar-refractivity contribution in [2.45, 2.75) is 25.0 Å². The van der Waals surface area contributed by atoms with Gasteiger partial charge in [-0.15, -0.1) is 0 Å². The van der Waals surface area contributed by atoms with Gasteiger partial charge in [0.2, 0.25) is 5.43 Å². The molecule has 0 radical (unpaired) electrons. The maximum atomic E-state index is 13.4. The van der Waals surface area contributed by atoms with Crippen LogP contribution in [0.15, 0.2) is 51.9 Å². The van der Waals surface area contributed by atoms with Crippen LogP contribution in [0.25, 0.3) is 22.1 Å². The largest absolute Gasteiger partial charge is 0.493 e. The van der Waals surface area contributed by atoms with Gasteiger partial charge in [0.05, 0.1) is 25.4 Å². The average Bonchev–Trinajstić information content (AvgIpc) is 3.67. The minimum Gasteiger partial charge on any atom is -0.493 e. The van der Waals surface area contributed by atoms with Crippen LogP contribution < -0.4 is 19.6 Å². The van der Waals surface area contributed by atoms with Gasteiger partial charge in [0, 0.05) is 12.1 Å². The summed E-state index contributed by atoms with van der Waals surface area (Å²) in [6.07, 6.45) is 4.17. The Bertz CT molecular complexity index is 1170. The van der Waals surface area contributed by atoms with Crippen LogP contribution in [0.2, 0.25) is 0 Å². The molecule has 1 aliphatic carbocycles. The van der Waals surface area contributed by atoms with Crippen LogP contribution in [0.4, 0.5) is 0 Å².